The molecule has 0 aliphatic carbocycles. The summed E-state index contributed by atoms with van der Waals surface area (Å²) in [6, 6.07) is 0. The molecule has 122 valence electrons. The number of aliphatic carboxylic acids is 1. The van der Waals surface area contributed by atoms with Gasteiger partial charge in [-0.15, -0.1) is 0 Å². The maximum Gasteiger partial charge on any atom is 0.0577 e. The molecule has 0 aromatic heterocycles. The van der Waals surface area contributed by atoms with Gasteiger partial charge in [0.25, 0.3) is 0 Å². The van der Waals surface area contributed by atoms with Crippen LogP contribution < -0.4 is 5.11 Å². The van der Waals surface area contributed by atoms with Gasteiger partial charge in [-0.25, -0.2) is 0 Å². The predicted octanol–water partition coefficient (Wildman–Crippen LogP) is 3.52. The van der Waals surface area contributed by atoms with Crippen molar-refractivity contribution < 1.29 is 15.0 Å². The van der Waals surface area contributed by atoms with Gasteiger partial charge in [-0.05, 0) is 57.8 Å². The minimum atomic E-state index is -0.968. The van der Waals surface area contributed by atoms with Gasteiger partial charge in [0.15, 0.2) is 0 Å². The normalized spacial score (nSPS) is 13.2. The number of hydrogen-bond donors (Lipinski definition) is 1. The van der Waals surface area contributed by atoms with Crippen molar-refractivity contribution in [1.82, 2.24) is 0 Å². The molecule has 0 saturated heterocycles. The Bertz CT molecular complexity index is 295. The second kappa shape index (κ2) is 15.3. The van der Waals surface area contributed by atoms with Crippen LogP contribution in [-0.2, 0) is 4.79 Å². The smallest absolute Gasteiger partial charge is 0.0577 e. The lowest BCUT2D eigenvalue weighted by atomic mass is 10.1. The molecule has 0 saturated carbocycles. The first-order valence-corrected chi connectivity index (χ1v) is 8.34. The van der Waals surface area contributed by atoms with Gasteiger partial charge >= 0.3 is 0 Å². The summed E-state index contributed by atoms with van der Waals surface area (Å²) in [5, 5.41) is 20.0. The van der Waals surface area contributed by atoms with E-state index in [1.54, 1.807) is 0 Å². The van der Waals surface area contributed by atoms with Crippen LogP contribution in [0.5, 0.6) is 0 Å². The molecule has 1 atom stereocenters. The molecule has 0 bridgehead atoms. The summed E-state index contributed by atoms with van der Waals surface area (Å²) in [5.74, 6) is -0.968. The van der Waals surface area contributed by atoms with Crippen LogP contribution in [0.1, 0.15) is 77.6 Å². The highest BCUT2D eigenvalue weighted by atomic mass is 16.4. The van der Waals surface area contributed by atoms with E-state index in [2.05, 4.69) is 31.2 Å². The summed E-state index contributed by atoms with van der Waals surface area (Å²) < 4.78 is 0. The van der Waals surface area contributed by atoms with E-state index >= 15 is 0 Å². The molecule has 0 aliphatic rings. The molecule has 21 heavy (non-hydrogen) atoms. The zero-order chi connectivity index (χ0) is 15.8. The van der Waals surface area contributed by atoms with Gasteiger partial charge in [-0.2, -0.15) is 0 Å². The Morgan fingerprint density at radius 2 is 1.62 bits per heavy atom. The van der Waals surface area contributed by atoms with E-state index in [1.807, 2.05) is 0 Å². The molecule has 1 N–H and O–H groups in total. The largest absolute Gasteiger partial charge is 0.550 e. The zero-order valence-electron chi connectivity index (χ0n) is 13.4. The van der Waals surface area contributed by atoms with E-state index in [-0.39, 0.29) is 12.5 Å². The van der Waals surface area contributed by atoms with Crippen molar-refractivity contribution in [3.63, 3.8) is 0 Å². The van der Waals surface area contributed by atoms with Crippen LogP contribution in [0.25, 0.3) is 0 Å². The monoisotopic (exact) mass is 295 g/mol. The quantitative estimate of drug-likeness (QED) is 0.394. The molecule has 0 unspecified atom stereocenters. The van der Waals surface area contributed by atoms with Gasteiger partial charge in [-0.3, -0.25) is 0 Å². The summed E-state index contributed by atoms with van der Waals surface area (Å²) in [4.78, 5) is 10.2. The lowest BCUT2D eigenvalue weighted by Gasteiger charge is -2.05. The Morgan fingerprint density at radius 1 is 1.00 bits per heavy atom. The SMILES string of the molecule is CCCCC/C=C\C[C@@H](O)CC/C=C\CCCCC(=O)[O-]. The Kier molecular flexibility index (Phi) is 14.5. The van der Waals surface area contributed by atoms with Crippen molar-refractivity contribution in [3.05, 3.63) is 24.3 Å². The maximum atomic E-state index is 10.2. The first kappa shape index (κ1) is 19.9. The molecule has 0 fully saturated rings. The molecule has 3 heteroatoms. The van der Waals surface area contributed by atoms with E-state index in [9.17, 15) is 15.0 Å². The van der Waals surface area contributed by atoms with Crippen molar-refractivity contribution in [3.8, 4) is 0 Å². The second-order valence-corrected chi connectivity index (χ2v) is 5.52. The number of allylic oxidation sites excluding steroid dienone is 3. The third kappa shape index (κ3) is 16.9. The van der Waals surface area contributed by atoms with E-state index in [0.717, 1.165) is 38.5 Å². The Morgan fingerprint density at radius 3 is 2.29 bits per heavy atom. The van der Waals surface area contributed by atoms with Crippen molar-refractivity contribution in [2.45, 2.75) is 83.7 Å². The number of rotatable bonds is 14. The van der Waals surface area contributed by atoms with E-state index in [1.165, 1.54) is 19.3 Å². The van der Waals surface area contributed by atoms with Crippen LogP contribution in [0, 0.1) is 0 Å². The molecule has 0 rings (SSSR count). The van der Waals surface area contributed by atoms with Crippen molar-refractivity contribution in [2.24, 2.45) is 0 Å². The molecule has 0 aromatic carbocycles. The number of aliphatic hydroxyl groups excluding tert-OH is 1. The molecule has 0 heterocycles. The Labute approximate surface area is 129 Å². The van der Waals surface area contributed by atoms with Crippen LogP contribution in [0.15, 0.2) is 24.3 Å². The number of unbranched alkanes of at least 4 members (excludes halogenated alkanes) is 5. The summed E-state index contributed by atoms with van der Waals surface area (Å²) >= 11 is 0. The average Bonchev–Trinajstić information content (AvgIpc) is 2.45. The fourth-order valence-electron chi connectivity index (χ4n) is 2.06. The van der Waals surface area contributed by atoms with E-state index in [0.29, 0.717) is 6.42 Å². The average molecular weight is 295 g/mol. The predicted molar refractivity (Wildman–Crippen MR) is 85.8 cm³/mol. The first-order chi connectivity index (χ1) is 10.2. The van der Waals surface area contributed by atoms with E-state index < -0.39 is 5.97 Å². The lowest BCUT2D eigenvalue weighted by molar-refractivity contribution is -0.305. The minimum Gasteiger partial charge on any atom is -0.550 e. The lowest BCUT2D eigenvalue weighted by Crippen LogP contribution is -2.21. The molecular weight excluding hydrogens is 264 g/mol. The second-order valence-electron chi connectivity index (χ2n) is 5.52. The van der Waals surface area contributed by atoms with Gasteiger partial charge in [0.05, 0.1) is 6.10 Å². The van der Waals surface area contributed by atoms with Crippen molar-refractivity contribution in [2.75, 3.05) is 0 Å². The molecule has 0 aromatic rings. The van der Waals surface area contributed by atoms with Gasteiger partial charge in [0.2, 0.25) is 0 Å². The van der Waals surface area contributed by atoms with Gasteiger partial charge in [0.1, 0.15) is 0 Å². The standard InChI is InChI=1S/C18H32O3/c1-2-3-4-5-8-11-14-17(19)15-12-9-6-7-10-13-16-18(20)21/h6,8-9,11,17,19H,2-5,7,10,12-16H2,1H3,(H,20,21)/p-1/b9-6-,11-8-/t17-/m1/s1. The fraction of sp³-hybridized carbons (Fsp3) is 0.722. The molecule has 3 nitrogen and oxygen atoms in total. The molecular formula is C18H31O3-. The summed E-state index contributed by atoms with van der Waals surface area (Å²) in [6.07, 6.45) is 18.1. The highest BCUT2D eigenvalue weighted by Crippen LogP contribution is 2.07. The number of aliphatic hydroxyl groups is 1. The Balaban J connectivity index is 3.39. The van der Waals surface area contributed by atoms with Gasteiger partial charge in [0, 0.05) is 5.97 Å². The molecule has 0 radical (unpaired) electrons. The van der Waals surface area contributed by atoms with E-state index in [4.69, 9.17) is 0 Å². The number of carboxylic acid groups (broad SMARTS) is 1. The molecule has 0 spiro atoms. The molecule has 0 aliphatic heterocycles. The first-order valence-electron chi connectivity index (χ1n) is 8.34. The van der Waals surface area contributed by atoms with Crippen molar-refractivity contribution in [1.29, 1.82) is 0 Å². The van der Waals surface area contributed by atoms with Crippen LogP contribution >= 0.6 is 0 Å². The van der Waals surface area contributed by atoms with Gasteiger partial charge in [-0.1, -0.05) is 44.1 Å². The number of hydrogen-bond acceptors (Lipinski definition) is 3. The highest BCUT2D eigenvalue weighted by molar-refractivity contribution is 5.64. The topological polar surface area (TPSA) is 60.4 Å². The number of carbonyl (C=O) groups is 1. The molecule has 0 amide bonds. The summed E-state index contributed by atoms with van der Waals surface area (Å²) in [6.45, 7) is 2.20. The maximum absolute atomic E-state index is 10.2. The third-order valence-corrected chi connectivity index (χ3v) is 3.38. The fourth-order valence-corrected chi connectivity index (χ4v) is 2.06. The third-order valence-electron chi connectivity index (χ3n) is 3.38. The van der Waals surface area contributed by atoms with Crippen LogP contribution in [-0.4, -0.2) is 17.2 Å². The highest BCUT2D eigenvalue weighted by Gasteiger charge is 1.99. The van der Waals surface area contributed by atoms with Crippen LogP contribution in [0.2, 0.25) is 0 Å². The zero-order valence-corrected chi connectivity index (χ0v) is 13.4. The number of carbonyl (C=O) groups excluding carboxylic acids is 1. The minimum absolute atomic E-state index is 0.150. The van der Waals surface area contributed by atoms with Crippen LogP contribution in [0.4, 0.5) is 0 Å². The summed E-state index contributed by atoms with van der Waals surface area (Å²) in [5.41, 5.74) is 0. The summed E-state index contributed by atoms with van der Waals surface area (Å²) in [7, 11) is 0. The number of carboxylic acids is 1. The van der Waals surface area contributed by atoms with Crippen molar-refractivity contribution >= 4 is 5.97 Å². The van der Waals surface area contributed by atoms with Crippen LogP contribution in [0.3, 0.4) is 0 Å². The van der Waals surface area contributed by atoms with Gasteiger partial charge < -0.3 is 15.0 Å². The Hall–Kier alpha value is -1.09.